The monoisotopic (exact) mass is 447 g/mol. The smallest absolute Gasteiger partial charge is 0.411 e. The zero-order valence-corrected chi connectivity index (χ0v) is 17.3. The number of aromatic nitrogens is 2. The zero-order valence-electron chi connectivity index (χ0n) is 17.3. The first-order chi connectivity index (χ1) is 15.9. The molecular weight excluding hydrogens is 430 g/mol. The number of hydrogen-bond acceptors (Lipinski definition) is 9. The van der Waals surface area contributed by atoms with E-state index in [0.29, 0.717) is 0 Å². The molecule has 3 heterocycles. The molecule has 0 atom stereocenters. The van der Waals surface area contributed by atoms with Gasteiger partial charge in [-0.1, -0.05) is 0 Å². The first kappa shape index (κ1) is 21.5. The van der Waals surface area contributed by atoms with Crippen molar-refractivity contribution in [2.45, 2.75) is 6.92 Å². The summed E-state index contributed by atoms with van der Waals surface area (Å²) in [6.07, 6.45) is 3.33. The number of nitrogens with zero attached hydrogens (tertiary/aromatic N) is 2. The number of phenols is 1. The molecule has 1 amide bonds. The summed E-state index contributed by atoms with van der Waals surface area (Å²) in [6.45, 7) is 1.76. The average molecular weight is 447 g/mol. The van der Waals surface area contributed by atoms with Crippen molar-refractivity contribution in [3.63, 3.8) is 0 Å². The predicted octanol–water partition coefficient (Wildman–Crippen LogP) is 3.74. The maximum Gasteiger partial charge on any atom is 0.411 e. The van der Waals surface area contributed by atoms with Crippen LogP contribution in [0.25, 0.3) is 22.4 Å². The lowest BCUT2D eigenvalue weighted by Crippen LogP contribution is -2.15. The standard InChI is InChI=1S/C23H17N3O7/c1-2-31-23(30)26-17-9-15(32-22(29)13-4-3-7-24-11-13)12-25-21(17)20-10-18(28)16-6-5-14(27)8-19(16)33-20/h3-12,27H,2H2,1H3,(H,26,30). The second kappa shape index (κ2) is 9.18. The summed E-state index contributed by atoms with van der Waals surface area (Å²) >= 11 is 0. The van der Waals surface area contributed by atoms with Gasteiger partial charge in [0.15, 0.2) is 16.9 Å². The molecule has 0 unspecified atom stereocenters. The highest BCUT2D eigenvalue weighted by molar-refractivity contribution is 5.93. The number of amides is 1. The molecule has 0 aliphatic rings. The predicted molar refractivity (Wildman–Crippen MR) is 117 cm³/mol. The Bertz CT molecular complexity index is 1400. The van der Waals surface area contributed by atoms with Crippen LogP contribution in [-0.2, 0) is 4.74 Å². The highest BCUT2D eigenvalue weighted by Gasteiger charge is 2.18. The van der Waals surface area contributed by atoms with Crippen LogP contribution in [0.15, 0.2) is 70.3 Å². The van der Waals surface area contributed by atoms with Crippen LogP contribution in [0.3, 0.4) is 0 Å². The molecule has 166 valence electrons. The van der Waals surface area contributed by atoms with E-state index in [-0.39, 0.29) is 57.2 Å². The van der Waals surface area contributed by atoms with Gasteiger partial charge in [-0.2, -0.15) is 0 Å². The van der Waals surface area contributed by atoms with E-state index >= 15 is 0 Å². The van der Waals surface area contributed by atoms with Crippen molar-refractivity contribution in [1.82, 2.24) is 9.97 Å². The number of pyridine rings is 2. The largest absolute Gasteiger partial charge is 0.508 e. The maximum atomic E-state index is 12.5. The Hall–Kier alpha value is -4.73. The Morgan fingerprint density at radius 1 is 1.15 bits per heavy atom. The third-order valence-corrected chi connectivity index (χ3v) is 4.43. The second-order valence-electron chi connectivity index (χ2n) is 6.70. The number of rotatable bonds is 5. The molecule has 0 aliphatic heterocycles. The first-order valence-corrected chi connectivity index (χ1v) is 9.78. The Kier molecular flexibility index (Phi) is 5.98. The second-order valence-corrected chi connectivity index (χ2v) is 6.70. The number of phenolic OH excluding ortho intramolecular Hbond substituents is 1. The van der Waals surface area contributed by atoms with E-state index in [4.69, 9.17) is 13.9 Å². The topological polar surface area (TPSA) is 141 Å². The molecule has 4 aromatic rings. The molecule has 0 spiro atoms. The van der Waals surface area contributed by atoms with Gasteiger partial charge in [0.05, 0.1) is 29.4 Å². The Labute approximate surface area is 186 Å². The minimum Gasteiger partial charge on any atom is -0.508 e. The van der Waals surface area contributed by atoms with Crippen molar-refractivity contribution in [2.75, 3.05) is 11.9 Å². The summed E-state index contributed by atoms with van der Waals surface area (Å²) in [5, 5.41) is 12.5. The number of aromatic hydroxyl groups is 1. The van der Waals surface area contributed by atoms with Gasteiger partial charge in [-0.05, 0) is 31.2 Å². The van der Waals surface area contributed by atoms with Crippen LogP contribution >= 0.6 is 0 Å². The van der Waals surface area contributed by atoms with Gasteiger partial charge in [0.25, 0.3) is 0 Å². The van der Waals surface area contributed by atoms with E-state index in [0.717, 1.165) is 0 Å². The molecule has 0 radical (unpaired) electrons. The van der Waals surface area contributed by atoms with Crippen molar-refractivity contribution in [3.8, 4) is 23.0 Å². The van der Waals surface area contributed by atoms with Gasteiger partial charge in [-0.25, -0.2) is 14.6 Å². The fourth-order valence-corrected chi connectivity index (χ4v) is 2.98. The molecule has 0 saturated heterocycles. The number of benzene rings is 1. The molecule has 3 aromatic heterocycles. The van der Waals surface area contributed by atoms with E-state index in [2.05, 4.69) is 15.3 Å². The van der Waals surface area contributed by atoms with Crippen LogP contribution in [0.2, 0.25) is 0 Å². The number of nitrogens with one attached hydrogen (secondary N) is 1. The van der Waals surface area contributed by atoms with E-state index in [1.807, 2.05) is 0 Å². The summed E-state index contributed by atoms with van der Waals surface area (Å²) in [5.41, 5.74) is 0.150. The summed E-state index contributed by atoms with van der Waals surface area (Å²) < 4.78 is 16.0. The molecule has 0 fully saturated rings. The lowest BCUT2D eigenvalue weighted by Gasteiger charge is -2.12. The fourth-order valence-electron chi connectivity index (χ4n) is 2.98. The number of esters is 1. The van der Waals surface area contributed by atoms with Crippen LogP contribution in [0, 0.1) is 0 Å². The van der Waals surface area contributed by atoms with Gasteiger partial charge in [-0.3, -0.25) is 15.1 Å². The average Bonchev–Trinajstić information content (AvgIpc) is 2.79. The van der Waals surface area contributed by atoms with Crippen molar-refractivity contribution in [2.24, 2.45) is 0 Å². The van der Waals surface area contributed by atoms with Gasteiger partial charge in [0, 0.05) is 30.6 Å². The summed E-state index contributed by atoms with van der Waals surface area (Å²) in [6, 6.07) is 9.78. The van der Waals surface area contributed by atoms with Crippen molar-refractivity contribution in [3.05, 3.63) is 76.8 Å². The molecule has 1 aromatic carbocycles. The van der Waals surface area contributed by atoms with Crippen LogP contribution in [0.1, 0.15) is 17.3 Å². The molecule has 2 N–H and O–H groups in total. The minimum absolute atomic E-state index is 0.0232. The van der Waals surface area contributed by atoms with E-state index in [9.17, 15) is 19.5 Å². The number of hydrogen-bond donors (Lipinski definition) is 2. The van der Waals surface area contributed by atoms with Gasteiger partial charge >= 0.3 is 12.1 Å². The minimum atomic E-state index is -0.780. The fraction of sp³-hybridized carbons (Fsp3) is 0.0870. The molecule has 10 nitrogen and oxygen atoms in total. The Morgan fingerprint density at radius 2 is 2.00 bits per heavy atom. The van der Waals surface area contributed by atoms with E-state index < -0.39 is 12.1 Å². The third-order valence-electron chi connectivity index (χ3n) is 4.43. The highest BCUT2D eigenvalue weighted by Crippen LogP contribution is 2.31. The van der Waals surface area contributed by atoms with Crippen LogP contribution in [0.5, 0.6) is 11.5 Å². The van der Waals surface area contributed by atoms with Gasteiger partial charge in [0.1, 0.15) is 17.0 Å². The summed E-state index contributed by atoms with van der Waals surface area (Å²) in [5.74, 6) is -0.707. The van der Waals surface area contributed by atoms with E-state index in [1.165, 1.54) is 55.0 Å². The summed E-state index contributed by atoms with van der Waals surface area (Å²) in [7, 11) is 0. The van der Waals surface area contributed by atoms with Gasteiger partial charge in [0.2, 0.25) is 0 Å². The van der Waals surface area contributed by atoms with Crippen LogP contribution in [-0.4, -0.2) is 33.7 Å². The maximum absolute atomic E-state index is 12.5. The first-order valence-electron chi connectivity index (χ1n) is 9.78. The normalized spacial score (nSPS) is 10.6. The Balaban J connectivity index is 1.75. The van der Waals surface area contributed by atoms with Crippen molar-refractivity contribution >= 4 is 28.7 Å². The molecule has 0 saturated carbocycles. The molecular formula is C23H17N3O7. The highest BCUT2D eigenvalue weighted by atomic mass is 16.5. The quantitative estimate of drug-likeness (QED) is 0.438. The Morgan fingerprint density at radius 3 is 2.76 bits per heavy atom. The van der Waals surface area contributed by atoms with Gasteiger partial charge in [-0.15, -0.1) is 0 Å². The van der Waals surface area contributed by atoms with Crippen LogP contribution < -0.4 is 15.5 Å². The molecule has 0 bridgehead atoms. The summed E-state index contributed by atoms with van der Waals surface area (Å²) in [4.78, 5) is 45.0. The zero-order chi connectivity index (χ0) is 23.4. The lowest BCUT2D eigenvalue weighted by molar-refractivity contribution is 0.0734. The number of fused-ring (bicyclic) bond motifs is 1. The van der Waals surface area contributed by atoms with Gasteiger partial charge < -0.3 is 19.0 Å². The molecule has 10 heteroatoms. The number of carbonyl (C=O) groups excluding carboxylic acids is 2. The van der Waals surface area contributed by atoms with Crippen LogP contribution in [0.4, 0.5) is 10.5 Å². The molecule has 4 rings (SSSR count). The number of carbonyl (C=O) groups is 2. The number of anilines is 1. The van der Waals surface area contributed by atoms with Crippen molar-refractivity contribution < 1.29 is 28.6 Å². The van der Waals surface area contributed by atoms with E-state index in [1.54, 1.807) is 13.0 Å². The van der Waals surface area contributed by atoms with Crippen molar-refractivity contribution in [1.29, 1.82) is 0 Å². The number of ether oxygens (including phenoxy) is 2. The molecule has 0 aliphatic carbocycles. The SMILES string of the molecule is CCOC(=O)Nc1cc(OC(=O)c2cccnc2)cnc1-c1cc(=O)c2ccc(O)cc2o1. The molecule has 33 heavy (non-hydrogen) atoms. The lowest BCUT2D eigenvalue weighted by atomic mass is 10.1. The third kappa shape index (κ3) is 4.79.